The topological polar surface area (TPSA) is 35.5 Å². The molecule has 0 aliphatic carbocycles. The van der Waals surface area contributed by atoms with Crippen molar-refractivity contribution in [2.45, 2.75) is 37.4 Å². The first-order valence-electron chi connectivity index (χ1n) is 4.59. The Hall–Kier alpha value is -0.410. The zero-order chi connectivity index (χ0) is 8.44. The Bertz CT molecular complexity index is 167. The van der Waals surface area contributed by atoms with E-state index < -0.39 is 5.60 Å². The van der Waals surface area contributed by atoms with Crippen LogP contribution < -0.4 is 0 Å². The lowest BCUT2D eigenvalue weighted by atomic mass is 9.93. The van der Waals surface area contributed by atoms with Gasteiger partial charge in [0, 0.05) is 13.2 Å². The SMILES string of the molecule is O=CC1(C2CCCO2)CCCO1. The third kappa shape index (κ3) is 1.17. The van der Waals surface area contributed by atoms with E-state index in [4.69, 9.17) is 9.47 Å². The highest BCUT2D eigenvalue weighted by molar-refractivity contribution is 5.64. The molecular formula is C9H14O3. The van der Waals surface area contributed by atoms with Gasteiger partial charge in [0.05, 0.1) is 6.10 Å². The van der Waals surface area contributed by atoms with E-state index >= 15 is 0 Å². The van der Waals surface area contributed by atoms with Crippen LogP contribution in [0.5, 0.6) is 0 Å². The van der Waals surface area contributed by atoms with Crippen LogP contribution in [0, 0.1) is 0 Å². The fourth-order valence-corrected chi connectivity index (χ4v) is 2.07. The number of aldehydes is 1. The molecule has 2 heterocycles. The molecule has 68 valence electrons. The first-order valence-corrected chi connectivity index (χ1v) is 4.59. The van der Waals surface area contributed by atoms with Gasteiger partial charge in [0.2, 0.25) is 0 Å². The second kappa shape index (κ2) is 3.15. The summed E-state index contributed by atoms with van der Waals surface area (Å²) in [6.07, 6.45) is 4.82. The Balaban J connectivity index is 2.09. The van der Waals surface area contributed by atoms with E-state index in [1.54, 1.807) is 0 Å². The van der Waals surface area contributed by atoms with Gasteiger partial charge in [-0.3, -0.25) is 0 Å². The van der Waals surface area contributed by atoms with Gasteiger partial charge in [0.25, 0.3) is 0 Å². The van der Waals surface area contributed by atoms with E-state index in [-0.39, 0.29) is 6.10 Å². The van der Waals surface area contributed by atoms with Gasteiger partial charge < -0.3 is 14.3 Å². The predicted octanol–water partition coefficient (Wildman–Crippen LogP) is 0.913. The molecule has 0 amide bonds. The lowest BCUT2D eigenvalue weighted by Crippen LogP contribution is -2.42. The quantitative estimate of drug-likeness (QED) is 0.578. The van der Waals surface area contributed by atoms with Crippen molar-refractivity contribution in [3.8, 4) is 0 Å². The van der Waals surface area contributed by atoms with Gasteiger partial charge in [0.1, 0.15) is 5.60 Å². The fourth-order valence-electron chi connectivity index (χ4n) is 2.07. The third-order valence-electron chi connectivity index (χ3n) is 2.76. The molecule has 0 aromatic rings. The smallest absolute Gasteiger partial charge is 0.154 e. The molecular weight excluding hydrogens is 156 g/mol. The van der Waals surface area contributed by atoms with Crippen molar-refractivity contribution in [1.82, 2.24) is 0 Å². The summed E-state index contributed by atoms with van der Waals surface area (Å²) in [4.78, 5) is 10.9. The Kier molecular flexibility index (Phi) is 2.15. The molecule has 2 fully saturated rings. The van der Waals surface area contributed by atoms with Crippen LogP contribution in [0.4, 0.5) is 0 Å². The Morgan fingerprint density at radius 1 is 1.33 bits per heavy atom. The van der Waals surface area contributed by atoms with Crippen LogP contribution in [0.15, 0.2) is 0 Å². The molecule has 2 saturated heterocycles. The number of carbonyl (C=O) groups excluding carboxylic acids is 1. The van der Waals surface area contributed by atoms with E-state index in [9.17, 15) is 4.79 Å². The van der Waals surface area contributed by atoms with Gasteiger partial charge in [-0.05, 0) is 25.7 Å². The molecule has 2 aliphatic rings. The Labute approximate surface area is 72.0 Å². The summed E-state index contributed by atoms with van der Waals surface area (Å²) >= 11 is 0. The number of hydrogen-bond acceptors (Lipinski definition) is 3. The molecule has 2 atom stereocenters. The van der Waals surface area contributed by atoms with Crippen LogP contribution >= 0.6 is 0 Å². The first kappa shape index (κ1) is 8.20. The maximum atomic E-state index is 10.9. The maximum Gasteiger partial charge on any atom is 0.154 e. The first-order chi connectivity index (χ1) is 5.87. The molecule has 0 radical (unpaired) electrons. The Morgan fingerprint density at radius 2 is 2.25 bits per heavy atom. The predicted molar refractivity (Wildman–Crippen MR) is 43.0 cm³/mol. The molecule has 0 aromatic carbocycles. The second-order valence-corrected chi connectivity index (χ2v) is 3.53. The van der Waals surface area contributed by atoms with E-state index in [1.165, 1.54) is 0 Å². The summed E-state index contributed by atoms with van der Waals surface area (Å²) in [5, 5.41) is 0. The van der Waals surface area contributed by atoms with Crippen LogP contribution in [0.3, 0.4) is 0 Å². The van der Waals surface area contributed by atoms with Crippen molar-refractivity contribution >= 4 is 6.29 Å². The molecule has 0 saturated carbocycles. The summed E-state index contributed by atoms with van der Waals surface area (Å²) in [7, 11) is 0. The van der Waals surface area contributed by atoms with E-state index in [1.807, 2.05) is 0 Å². The molecule has 2 aliphatic heterocycles. The number of carbonyl (C=O) groups is 1. The monoisotopic (exact) mass is 170 g/mol. The van der Waals surface area contributed by atoms with Crippen LogP contribution in [-0.2, 0) is 14.3 Å². The molecule has 0 N–H and O–H groups in total. The second-order valence-electron chi connectivity index (χ2n) is 3.53. The van der Waals surface area contributed by atoms with E-state index in [2.05, 4.69) is 0 Å². The lowest BCUT2D eigenvalue weighted by Gasteiger charge is -2.27. The van der Waals surface area contributed by atoms with Crippen LogP contribution in [0.1, 0.15) is 25.7 Å². The minimum absolute atomic E-state index is 0.0255. The minimum atomic E-state index is -0.587. The minimum Gasteiger partial charge on any atom is -0.375 e. The largest absolute Gasteiger partial charge is 0.375 e. The number of rotatable bonds is 2. The van der Waals surface area contributed by atoms with Crippen molar-refractivity contribution in [1.29, 1.82) is 0 Å². The molecule has 2 unspecified atom stereocenters. The highest BCUT2D eigenvalue weighted by Crippen LogP contribution is 2.33. The fraction of sp³-hybridized carbons (Fsp3) is 0.889. The molecule has 0 bridgehead atoms. The van der Waals surface area contributed by atoms with Crippen LogP contribution in [-0.4, -0.2) is 31.2 Å². The van der Waals surface area contributed by atoms with Crippen LogP contribution in [0.2, 0.25) is 0 Å². The van der Waals surface area contributed by atoms with E-state index in [0.717, 1.165) is 38.6 Å². The zero-order valence-corrected chi connectivity index (χ0v) is 7.12. The molecule has 3 heteroatoms. The van der Waals surface area contributed by atoms with Gasteiger partial charge >= 0.3 is 0 Å². The third-order valence-corrected chi connectivity index (χ3v) is 2.76. The summed E-state index contributed by atoms with van der Waals surface area (Å²) in [6, 6.07) is 0. The van der Waals surface area contributed by atoms with Crippen molar-refractivity contribution in [2.75, 3.05) is 13.2 Å². The van der Waals surface area contributed by atoms with Crippen molar-refractivity contribution in [3.05, 3.63) is 0 Å². The van der Waals surface area contributed by atoms with Gasteiger partial charge in [-0.2, -0.15) is 0 Å². The molecule has 12 heavy (non-hydrogen) atoms. The highest BCUT2D eigenvalue weighted by Gasteiger charge is 2.44. The zero-order valence-electron chi connectivity index (χ0n) is 7.12. The van der Waals surface area contributed by atoms with Crippen molar-refractivity contribution in [3.63, 3.8) is 0 Å². The lowest BCUT2D eigenvalue weighted by molar-refractivity contribution is -0.141. The van der Waals surface area contributed by atoms with E-state index in [0.29, 0.717) is 6.61 Å². The summed E-state index contributed by atoms with van der Waals surface area (Å²) < 4.78 is 11.0. The van der Waals surface area contributed by atoms with Gasteiger partial charge in [0.15, 0.2) is 6.29 Å². The van der Waals surface area contributed by atoms with Crippen molar-refractivity contribution < 1.29 is 14.3 Å². The summed E-state index contributed by atoms with van der Waals surface area (Å²) in [5.41, 5.74) is -0.587. The average molecular weight is 170 g/mol. The maximum absolute atomic E-state index is 10.9. The Morgan fingerprint density at radius 3 is 2.75 bits per heavy atom. The van der Waals surface area contributed by atoms with Gasteiger partial charge in [-0.1, -0.05) is 0 Å². The van der Waals surface area contributed by atoms with Gasteiger partial charge in [-0.15, -0.1) is 0 Å². The standard InChI is InChI=1S/C9H14O3/c10-7-9(4-2-6-12-9)8-3-1-5-11-8/h7-8H,1-6H2. The summed E-state index contributed by atoms with van der Waals surface area (Å²) in [5.74, 6) is 0. The van der Waals surface area contributed by atoms with Gasteiger partial charge in [-0.25, -0.2) is 0 Å². The average Bonchev–Trinajstić information content (AvgIpc) is 2.76. The molecule has 3 nitrogen and oxygen atoms in total. The number of ether oxygens (including phenoxy) is 2. The van der Waals surface area contributed by atoms with Crippen LogP contribution in [0.25, 0.3) is 0 Å². The molecule has 0 aromatic heterocycles. The molecule has 0 spiro atoms. The number of hydrogen-bond donors (Lipinski definition) is 0. The summed E-state index contributed by atoms with van der Waals surface area (Å²) in [6.45, 7) is 1.49. The highest BCUT2D eigenvalue weighted by atomic mass is 16.6. The molecule has 2 rings (SSSR count). The van der Waals surface area contributed by atoms with Crippen molar-refractivity contribution in [2.24, 2.45) is 0 Å². The normalized spacial score (nSPS) is 41.8.